The fourth-order valence-electron chi connectivity index (χ4n) is 9.07. The largest absolute Gasteiger partial charge is 0.389 e. The molecule has 4 saturated carbocycles. The van der Waals surface area contributed by atoms with Crippen LogP contribution in [-0.4, -0.2) is 67.4 Å². The summed E-state index contributed by atoms with van der Waals surface area (Å²) in [5, 5.41) is 48.8. The van der Waals surface area contributed by atoms with Crippen molar-refractivity contribution in [2.24, 2.45) is 34.5 Å². The summed E-state index contributed by atoms with van der Waals surface area (Å²) in [6.45, 7) is 9.68. The van der Waals surface area contributed by atoms with Gasteiger partial charge in [0.05, 0.1) is 29.2 Å². The minimum atomic E-state index is -1.73. The molecule has 4 aliphatic carbocycles. The highest BCUT2D eigenvalue weighted by Gasteiger charge is 2.97. The average Bonchev–Trinajstić information content (AvgIpc) is 3.02. The molecule has 5 rings (SSSR count). The first-order valence-corrected chi connectivity index (χ1v) is 12.4. The third-order valence-corrected chi connectivity index (χ3v) is 10.7. The van der Waals surface area contributed by atoms with Crippen LogP contribution >= 0.6 is 11.8 Å². The van der Waals surface area contributed by atoms with Crippen LogP contribution in [0.15, 0.2) is 0 Å². The number of hydrogen-bond donors (Lipinski definition) is 4. The summed E-state index contributed by atoms with van der Waals surface area (Å²) >= 11 is 1.52. The van der Waals surface area contributed by atoms with Crippen molar-refractivity contribution in [2.45, 2.75) is 88.7 Å². The number of rotatable bonds is 4. The van der Waals surface area contributed by atoms with Crippen LogP contribution in [0.3, 0.4) is 0 Å². The molecular weight excluding hydrogens is 392 g/mol. The van der Waals surface area contributed by atoms with Crippen LogP contribution in [0.1, 0.15) is 53.9 Å². The number of hydrogen-bond acceptors (Lipinski definition) is 7. The van der Waals surface area contributed by atoms with Crippen LogP contribution in [0.4, 0.5) is 0 Å². The van der Waals surface area contributed by atoms with Gasteiger partial charge in [0.1, 0.15) is 11.2 Å². The monoisotopic (exact) mass is 428 g/mol. The van der Waals surface area contributed by atoms with E-state index in [-0.39, 0.29) is 24.2 Å². The van der Waals surface area contributed by atoms with Gasteiger partial charge in [-0.2, -0.15) is 0 Å². The minimum absolute atomic E-state index is 0.164. The Morgan fingerprint density at radius 1 is 1.17 bits per heavy atom. The van der Waals surface area contributed by atoms with Crippen molar-refractivity contribution in [1.82, 2.24) is 0 Å². The van der Waals surface area contributed by atoms with Gasteiger partial charge in [-0.25, -0.2) is 0 Å². The summed E-state index contributed by atoms with van der Waals surface area (Å²) in [5.41, 5.74) is -6.19. The van der Waals surface area contributed by atoms with Crippen molar-refractivity contribution in [1.29, 1.82) is 0 Å². The van der Waals surface area contributed by atoms with E-state index in [1.165, 1.54) is 11.8 Å². The summed E-state index contributed by atoms with van der Waals surface area (Å²) < 4.78 is 12.6. The second-order valence-corrected chi connectivity index (χ2v) is 12.1. The predicted molar refractivity (Wildman–Crippen MR) is 109 cm³/mol. The Morgan fingerprint density at radius 3 is 2.41 bits per heavy atom. The van der Waals surface area contributed by atoms with Gasteiger partial charge < -0.3 is 29.9 Å². The maximum atomic E-state index is 12.5. The molecule has 5 aliphatic rings. The van der Waals surface area contributed by atoms with Gasteiger partial charge in [-0.3, -0.25) is 0 Å². The zero-order valence-electron chi connectivity index (χ0n) is 18.3. The first kappa shape index (κ1) is 21.0. The van der Waals surface area contributed by atoms with Gasteiger partial charge >= 0.3 is 0 Å². The highest BCUT2D eigenvalue weighted by Crippen LogP contribution is 2.84. The van der Waals surface area contributed by atoms with Gasteiger partial charge in [0.25, 0.3) is 0 Å². The maximum Gasteiger partial charge on any atom is 0.177 e. The molecule has 1 heterocycles. The normalized spacial score (nSPS) is 64.9. The van der Waals surface area contributed by atoms with E-state index in [9.17, 15) is 20.4 Å². The van der Waals surface area contributed by atoms with Gasteiger partial charge in [-0.05, 0) is 37.9 Å². The summed E-state index contributed by atoms with van der Waals surface area (Å²) in [4.78, 5) is 0. The van der Waals surface area contributed by atoms with Crippen molar-refractivity contribution in [3.63, 3.8) is 0 Å². The number of aliphatic hydroxyl groups is 4. The maximum absolute atomic E-state index is 12.5. The quantitative estimate of drug-likeness (QED) is 0.506. The van der Waals surface area contributed by atoms with E-state index in [0.29, 0.717) is 12.4 Å². The predicted octanol–water partition coefficient (Wildman–Crippen LogP) is 1.73. The van der Waals surface area contributed by atoms with E-state index in [2.05, 4.69) is 6.92 Å². The molecule has 0 aromatic rings. The van der Waals surface area contributed by atoms with Crippen LogP contribution in [0.2, 0.25) is 0 Å². The first-order chi connectivity index (χ1) is 13.3. The second kappa shape index (κ2) is 5.53. The van der Waals surface area contributed by atoms with E-state index in [1.54, 1.807) is 6.92 Å². The smallest absolute Gasteiger partial charge is 0.177 e. The van der Waals surface area contributed by atoms with Gasteiger partial charge in [-0.15, -0.1) is 11.8 Å². The topological polar surface area (TPSA) is 99.4 Å². The standard InChI is InChI=1S/C22H36O6S/c1-11(2)21(25)16(27-10-29-6)14-17(4)9-20(24)18(21,5)22(14,26)15(28-20)13-12(3)7-8-19(13,17)23/h11-16,23-26H,7-10H2,1-6H3/t12?,13-,14-,15?,16?,17?,18?,19?,20?,21?,22?/m0/s1. The third kappa shape index (κ3) is 1.73. The van der Waals surface area contributed by atoms with Crippen LogP contribution < -0.4 is 0 Å². The summed E-state index contributed by atoms with van der Waals surface area (Å²) in [7, 11) is 0. The molecule has 0 aromatic heterocycles. The molecule has 6 nitrogen and oxygen atoms in total. The van der Waals surface area contributed by atoms with Crippen LogP contribution in [0.5, 0.6) is 0 Å². The lowest BCUT2D eigenvalue weighted by atomic mass is 9.41. The third-order valence-electron chi connectivity index (χ3n) is 10.3. The Hall–Kier alpha value is 0.110. The molecule has 29 heavy (non-hydrogen) atoms. The summed E-state index contributed by atoms with van der Waals surface area (Å²) in [5.74, 6) is -2.28. The van der Waals surface area contributed by atoms with Gasteiger partial charge in [0.15, 0.2) is 5.79 Å². The Morgan fingerprint density at radius 2 is 1.83 bits per heavy atom. The number of ether oxygens (including phenoxy) is 2. The lowest BCUT2D eigenvalue weighted by molar-refractivity contribution is -0.320. The highest BCUT2D eigenvalue weighted by atomic mass is 32.2. The zero-order valence-corrected chi connectivity index (χ0v) is 19.1. The summed E-state index contributed by atoms with van der Waals surface area (Å²) in [6, 6.07) is 0. The molecule has 4 N–H and O–H groups in total. The van der Waals surface area contributed by atoms with Crippen molar-refractivity contribution in [2.75, 3.05) is 12.2 Å². The van der Waals surface area contributed by atoms with Crippen molar-refractivity contribution >= 4 is 11.8 Å². The fourth-order valence-corrected chi connectivity index (χ4v) is 9.35. The summed E-state index contributed by atoms with van der Waals surface area (Å²) in [6.07, 6.45) is 2.17. The number of fused-ring (bicyclic) bond motifs is 3. The molecule has 0 radical (unpaired) electrons. The molecule has 1 saturated heterocycles. The lowest BCUT2D eigenvalue weighted by Crippen LogP contribution is -2.77. The average molecular weight is 429 g/mol. The molecule has 7 heteroatoms. The van der Waals surface area contributed by atoms with E-state index < -0.39 is 51.5 Å². The minimum Gasteiger partial charge on any atom is -0.389 e. The Balaban J connectivity index is 1.82. The fraction of sp³-hybridized carbons (Fsp3) is 1.00. The first-order valence-electron chi connectivity index (χ1n) is 11.0. The molecule has 9 unspecified atom stereocenters. The molecule has 1 aliphatic heterocycles. The van der Waals surface area contributed by atoms with E-state index in [1.807, 2.05) is 27.0 Å². The van der Waals surface area contributed by atoms with Crippen molar-refractivity contribution in [3.8, 4) is 0 Å². The van der Waals surface area contributed by atoms with Gasteiger partial charge in [0, 0.05) is 23.7 Å². The van der Waals surface area contributed by atoms with Gasteiger partial charge in [-0.1, -0.05) is 27.7 Å². The molecule has 166 valence electrons. The Labute approximate surface area is 177 Å². The van der Waals surface area contributed by atoms with Crippen molar-refractivity contribution < 1.29 is 29.9 Å². The lowest BCUT2D eigenvalue weighted by Gasteiger charge is -2.64. The van der Waals surface area contributed by atoms with Gasteiger partial charge in [0.2, 0.25) is 0 Å². The molecule has 0 spiro atoms. The Kier molecular flexibility index (Phi) is 4.00. The second-order valence-electron chi connectivity index (χ2n) is 11.3. The molecular formula is C22H36O6S. The molecule has 0 aromatic carbocycles. The Bertz CT molecular complexity index is 749. The zero-order chi connectivity index (χ0) is 21.4. The molecule has 11 atom stereocenters. The molecule has 5 bridgehead atoms. The molecule has 0 amide bonds. The van der Waals surface area contributed by atoms with Crippen LogP contribution in [0.25, 0.3) is 0 Å². The van der Waals surface area contributed by atoms with Crippen molar-refractivity contribution in [3.05, 3.63) is 0 Å². The van der Waals surface area contributed by atoms with Crippen LogP contribution in [0, 0.1) is 34.5 Å². The SMILES string of the molecule is CSCOC1[C@H]2C3(C)CC4(O)OC([C@@H]5C(C)CCC53O)C2(O)C4(C)C1(O)C(C)C. The van der Waals surface area contributed by atoms with E-state index in [4.69, 9.17) is 9.47 Å². The van der Waals surface area contributed by atoms with E-state index >= 15 is 0 Å². The molecule has 5 fully saturated rings. The van der Waals surface area contributed by atoms with Crippen LogP contribution in [-0.2, 0) is 9.47 Å². The number of thioether (sulfide) groups is 1. The van der Waals surface area contributed by atoms with E-state index in [0.717, 1.165) is 6.42 Å². The highest BCUT2D eigenvalue weighted by molar-refractivity contribution is 7.98.